The lowest BCUT2D eigenvalue weighted by Gasteiger charge is -2.31. The lowest BCUT2D eigenvalue weighted by atomic mass is 9.92. The average molecular weight is 344 g/mol. The number of thiophene rings is 1. The number of hydrogen-bond acceptors (Lipinski definition) is 2. The zero-order valence-electron chi connectivity index (χ0n) is 14.5. The molecule has 1 aliphatic rings. The number of amides is 1. The van der Waals surface area contributed by atoms with Crippen molar-refractivity contribution in [3.05, 3.63) is 58.3 Å². The Hall–Kier alpha value is -1.65. The van der Waals surface area contributed by atoms with E-state index in [2.05, 4.69) is 42.7 Å². The molecule has 4 heteroatoms. The van der Waals surface area contributed by atoms with Crippen molar-refractivity contribution in [3.63, 3.8) is 0 Å². The summed E-state index contributed by atoms with van der Waals surface area (Å²) in [5, 5.41) is 5.33. The quantitative estimate of drug-likeness (QED) is 0.859. The summed E-state index contributed by atoms with van der Waals surface area (Å²) in [7, 11) is 0. The van der Waals surface area contributed by atoms with Gasteiger partial charge in [0.2, 0.25) is 0 Å². The summed E-state index contributed by atoms with van der Waals surface area (Å²) in [6, 6.07) is 14.3. The van der Waals surface area contributed by atoms with Gasteiger partial charge in [-0.05, 0) is 23.4 Å². The van der Waals surface area contributed by atoms with Crippen LogP contribution in [0.5, 0.6) is 0 Å². The molecule has 0 radical (unpaired) electrons. The minimum atomic E-state index is -0.0438. The first-order valence-electron chi connectivity index (χ1n) is 8.83. The number of likely N-dealkylation sites (tertiary alicyclic amines) is 1. The second-order valence-corrected chi connectivity index (χ2v) is 8.19. The van der Waals surface area contributed by atoms with Crippen LogP contribution < -0.4 is 10.2 Å². The molecule has 3 nitrogen and oxygen atoms in total. The second kappa shape index (κ2) is 7.95. The predicted molar refractivity (Wildman–Crippen MR) is 99.3 cm³/mol. The second-order valence-electron chi connectivity index (χ2n) is 7.21. The Labute approximate surface area is 148 Å². The maximum atomic E-state index is 12.7. The molecule has 2 aromatic rings. The highest BCUT2D eigenvalue weighted by Crippen LogP contribution is 2.25. The fourth-order valence-corrected chi connectivity index (χ4v) is 4.73. The van der Waals surface area contributed by atoms with Crippen LogP contribution in [0.2, 0.25) is 0 Å². The SMILES string of the molecule is C[C@@H]1C[C@@H](C)C[NH+](CC(=O)N[C@@H](c2ccccc2)c2cccs2)C1. The molecule has 0 bridgehead atoms. The Balaban J connectivity index is 1.68. The molecule has 1 fully saturated rings. The Kier molecular flexibility index (Phi) is 5.69. The number of piperidine rings is 1. The van der Waals surface area contributed by atoms with Gasteiger partial charge in [-0.25, -0.2) is 0 Å². The summed E-state index contributed by atoms with van der Waals surface area (Å²) in [6.07, 6.45) is 1.28. The van der Waals surface area contributed by atoms with Crippen LogP contribution in [0.4, 0.5) is 0 Å². The summed E-state index contributed by atoms with van der Waals surface area (Å²) in [4.78, 5) is 15.3. The van der Waals surface area contributed by atoms with Crippen LogP contribution >= 0.6 is 11.3 Å². The monoisotopic (exact) mass is 343 g/mol. The summed E-state index contributed by atoms with van der Waals surface area (Å²) in [5.41, 5.74) is 1.14. The van der Waals surface area contributed by atoms with E-state index in [4.69, 9.17) is 0 Å². The largest absolute Gasteiger partial charge is 0.339 e. The summed E-state index contributed by atoms with van der Waals surface area (Å²) in [5.74, 6) is 1.56. The fraction of sp³-hybridized carbons (Fsp3) is 0.450. The zero-order chi connectivity index (χ0) is 16.9. The summed E-state index contributed by atoms with van der Waals surface area (Å²) >= 11 is 1.69. The van der Waals surface area contributed by atoms with Gasteiger partial charge in [0, 0.05) is 16.7 Å². The highest BCUT2D eigenvalue weighted by molar-refractivity contribution is 7.10. The van der Waals surface area contributed by atoms with E-state index in [0.29, 0.717) is 18.4 Å². The van der Waals surface area contributed by atoms with Crippen LogP contribution in [0.3, 0.4) is 0 Å². The third-order valence-electron chi connectivity index (χ3n) is 4.76. The average Bonchev–Trinajstić information content (AvgIpc) is 3.06. The maximum absolute atomic E-state index is 12.7. The van der Waals surface area contributed by atoms with Crippen molar-refractivity contribution < 1.29 is 9.69 Å². The topological polar surface area (TPSA) is 33.5 Å². The van der Waals surface area contributed by atoms with E-state index in [0.717, 1.165) is 18.7 Å². The van der Waals surface area contributed by atoms with E-state index in [1.54, 1.807) is 11.3 Å². The standard InChI is InChI=1S/C20H26N2OS/c1-15-11-16(2)13-22(12-15)14-19(23)21-20(18-9-6-10-24-18)17-7-4-3-5-8-17/h3-10,15-16,20H,11-14H2,1-2H3,(H,21,23)/p+1/t15-,16-,20+/m1/s1. The summed E-state index contributed by atoms with van der Waals surface area (Å²) < 4.78 is 0. The van der Waals surface area contributed by atoms with Crippen LogP contribution in [0.1, 0.15) is 36.8 Å². The van der Waals surface area contributed by atoms with E-state index < -0.39 is 0 Å². The number of rotatable bonds is 5. The molecule has 0 saturated carbocycles. The molecule has 128 valence electrons. The van der Waals surface area contributed by atoms with Crippen LogP contribution in [-0.4, -0.2) is 25.5 Å². The number of benzene rings is 1. The lowest BCUT2D eigenvalue weighted by Crippen LogP contribution is -3.15. The van der Waals surface area contributed by atoms with Gasteiger partial charge >= 0.3 is 0 Å². The van der Waals surface area contributed by atoms with Crippen molar-refractivity contribution >= 4 is 17.2 Å². The highest BCUT2D eigenvalue weighted by Gasteiger charge is 2.27. The van der Waals surface area contributed by atoms with Gasteiger partial charge in [0.25, 0.3) is 5.91 Å². The molecule has 2 N–H and O–H groups in total. The molecule has 1 aromatic heterocycles. The van der Waals surface area contributed by atoms with Gasteiger partial charge < -0.3 is 10.2 Å². The van der Waals surface area contributed by atoms with Crippen molar-refractivity contribution in [3.8, 4) is 0 Å². The molecule has 24 heavy (non-hydrogen) atoms. The van der Waals surface area contributed by atoms with E-state index >= 15 is 0 Å². The Morgan fingerprint density at radius 3 is 2.50 bits per heavy atom. The van der Waals surface area contributed by atoms with Crippen LogP contribution in [-0.2, 0) is 4.79 Å². The number of nitrogens with one attached hydrogen (secondary N) is 2. The number of carbonyl (C=O) groups excluding carboxylic acids is 1. The molecule has 1 aliphatic heterocycles. The van der Waals surface area contributed by atoms with E-state index in [-0.39, 0.29) is 11.9 Å². The van der Waals surface area contributed by atoms with Gasteiger partial charge in [0.1, 0.15) is 0 Å². The third-order valence-corrected chi connectivity index (χ3v) is 5.69. The van der Waals surface area contributed by atoms with Crippen LogP contribution in [0.25, 0.3) is 0 Å². The van der Waals surface area contributed by atoms with Crippen molar-refractivity contribution in [2.75, 3.05) is 19.6 Å². The first-order chi connectivity index (χ1) is 11.6. The van der Waals surface area contributed by atoms with Gasteiger partial charge in [-0.3, -0.25) is 4.79 Å². The molecule has 1 aromatic carbocycles. The molecule has 3 rings (SSSR count). The highest BCUT2D eigenvalue weighted by atomic mass is 32.1. The van der Waals surface area contributed by atoms with Gasteiger partial charge in [-0.1, -0.05) is 50.2 Å². The Bertz CT molecular complexity index is 631. The predicted octanol–water partition coefficient (Wildman–Crippen LogP) is 2.51. The molecular formula is C20H27N2OS+. The van der Waals surface area contributed by atoms with Gasteiger partial charge in [0.05, 0.1) is 19.1 Å². The number of quaternary nitrogens is 1. The lowest BCUT2D eigenvalue weighted by molar-refractivity contribution is -0.904. The van der Waals surface area contributed by atoms with Crippen molar-refractivity contribution in [1.82, 2.24) is 5.32 Å². The molecule has 0 spiro atoms. The zero-order valence-corrected chi connectivity index (χ0v) is 15.3. The van der Waals surface area contributed by atoms with Crippen LogP contribution in [0, 0.1) is 11.8 Å². The van der Waals surface area contributed by atoms with Crippen molar-refractivity contribution in [1.29, 1.82) is 0 Å². The van der Waals surface area contributed by atoms with E-state index in [9.17, 15) is 4.79 Å². The first-order valence-corrected chi connectivity index (χ1v) is 9.71. The molecule has 1 saturated heterocycles. The Morgan fingerprint density at radius 2 is 1.88 bits per heavy atom. The smallest absolute Gasteiger partial charge is 0.275 e. The van der Waals surface area contributed by atoms with E-state index in [1.165, 1.54) is 16.2 Å². The minimum Gasteiger partial charge on any atom is -0.339 e. The van der Waals surface area contributed by atoms with Gasteiger partial charge in [-0.15, -0.1) is 11.3 Å². The normalized spacial score (nSPS) is 25.2. The van der Waals surface area contributed by atoms with Crippen LogP contribution in [0.15, 0.2) is 47.8 Å². The van der Waals surface area contributed by atoms with Gasteiger partial charge in [-0.2, -0.15) is 0 Å². The maximum Gasteiger partial charge on any atom is 0.275 e. The van der Waals surface area contributed by atoms with Gasteiger partial charge in [0.15, 0.2) is 6.54 Å². The van der Waals surface area contributed by atoms with E-state index in [1.807, 2.05) is 24.3 Å². The first kappa shape index (κ1) is 17.2. The third kappa shape index (κ3) is 4.46. The molecular weight excluding hydrogens is 316 g/mol. The molecule has 1 amide bonds. The molecule has 0 aliphatic carbocycles. The molecule has 0 unspecified atom stereocenters. The number of carbonyl (C=O) groups is 1. The summed E-state index contributed by atoms with van der Waals surface area (Å²) in [6.45, 7) is 7.38. The molecule has 3 atom stereocenters. The molecule has 2 heterocycles. The Morgan fingerprint density at radius 1 is 1.17 bits per heavy atom. The fourth-order valence-electron chi connectivity index (χ4n) is 3.93. The minimum absolute atomic E-state index is 0.0438. The van der Waals surface area contributed by atoms with Crippen molar-refractivity contribution in [2.45, 2.75) is 26.3 Å². The number of hydrogen-bond donors (Lipinski definition) is 2. The van der Waals surface area contributed by atoms with Crippen molar-refractivity contribution in [2.24, 2.45) is 11.8 Å².